The number of methoxy groups -OCH3 is 2. The number of rotatable bonds is 8. The minimum Gasteiger partial charge on any atom is -0.495 e. The molecule has 1 rings (SSSR count). The number of carboxylic acid groups (broad SMARTS) is 2. The van der Waals surface area contributed by atoms with E-state index in [9.17, 15) is 24.6 Å². The number of hydrogen-bond acceptors (Lipinski definition) is 6. The van der Waals surface area contributed by atoms with E-state index in [1.54, 1.807) is 19.9 Å². The van der Waals surface area contributed by atoms with Gasteiger partial charge in [0.1, 0.15) is 5.75 Å². The molecule has 0 fully saturated rings. The second-order valence-corrected chi connectivity index (χ2v) is 4.91. The summed E-state index contributed by atoms with van der Waals surface area (Å²) in [5.74, 6) is -3.27. The molecule has 8 nitrogen and oxygen atoms in total. The highest BCUT2D eigenvalue weighted by Gasteiger charge is 2.27. The summed E-state index contributed by atoms with van der Waals surface area (Å²) in [4.78, 5) is 36.1. The van der Waals surface area contributed by atoms with Gasteiger partial charge >= 0.3 is 17.9 Å². The Morgan fingerprint density at radius 2 is 1.68 bits per heavy atom. The minimum absolute atomic E-state index is 0.0998. The van der Waals surface area contributed by atoms with Gasteiger partial charge in [0.15, 0.2) is 5.57 Å². The molecule has 0 aromatic heterocycles. The lowest BCUT2D eigenvalue weighted by molar-refractivity contribution is -0.140. The maximum absolute atomic E-state index is 11.8. The molecule has 136 valence electrons. The fourth-order valence-electron chi connectivity index (χ4n) is 2.49. The molecular weight excluding hydrogens is 330 g/mol. The SMILES string of the molecule is CCC(=C(C(=O)O)C(=O)O)N(CC)c1cc(C(=O)OC)ccc1OC. The van der Waals surface area contributed by atoms with E-state index in [4.69, 9.17) is 9.47 Å². The zero-order valence-corrected chi connectivity index (χ0v) is 14.5. The van der Waals surface area contributed by atoms with Crippen LogP contribution in [0.25, 0.3) is 0 Å². The minimum atomic E-state index is -1.54. The smallest absolute Gasteiger partial charge is 0.344 e. The molecule has 2 N–H and O–H groups in total. The van der Waals surface area contributed by atoms with E-state index in [2.05, 4.69) is 0 Å². The summed E-state index contributed by atoms with van der Waals surface area (Å²) in [6.45, 7) is 3.66. The third kappa shape index (κ3) is 4.28. The zero-order valence-electron chi connectivity index (χ0n) is 14.5. The molecule has 8 heteroatoms. The third-order valence-electron chi connectivity index (χ3n) is 3.58. The lowest BCUT2D eigenvalue weighted by Crippen LogP contribution is -2.28. The van der Waals surface area contributed by atoms with Crippen molar-refractivity contribution in [2.75, 3.05) is 25.7 Å². The number of hydrogen-bond donors (Lipinski definition) is 2. The molecule has 0 aliphatic rings. The van der Waals surface area contributed by atoms with Crippen LogP contribution in [0, 0.1) is 0 Å². The Morgan fingerprint density at radius 1 is 1.08 bits per heavy atom. The van der Waals surface area contributed by atoms with E-state index >= 15 is 0 Å². The first-order valence-corrected chi connectivity index (χ1v) is 7.55. The molecule has 1 aromatic rings. The number of benzene rings is 1. The van der Waals surface area contributed by atoms with Crippen molar-refractivity contribution < 1.29 is 34.1 Å². The van der Waals surface area contributed by atoms with Gasteiger partial charge in [0.05, 0.1) is 25.5 Å². The number of ether oxygens (including phenoxy) is 2. The summed E-state index contributed by atoms with van der Waals surface area (Å²) in [6, 6.07) is 4.52. The van der Waals surface area contributed by atoms with Crippen molar-refractivity contribution >= 4 is 23.6 Å². The predicted octanol–water partition coefficient (Wildman–Crippen LogP) is 2.14. The average Bonchev–Trinajstić information content (AvgIpc) is 2.59. The van der Waals surface area contributed by atoms with Crippen LogP contribution >= 0.6 is 0 Å². The summed E-state index contributed by atoms with van der Waals surface area (Å²) in [6.07, 6.45) is 0.160. The largest absolute Gasteiger partial charge is 0.495 e. The van der Waals surface area contributed by atoms with Crippen LogP contribution < -0.4 is 9.64 Å². The maximum atomic E-state index is 11.8. The molecule has 0 spiro atoms. The summed E-state index contributed by atoms with van der Waals surface area (Å²) >= 11 is 0. The number of aliphatic carboxylic acids is 2. The zero-order chi connectivity index (χ0) is 19.1. The maximum Gasteiger partial charge on any atom is 0.344 e. The quantitative estimate of drug-likeness (QED) is 0.317. The van der Waals surface area contributed by atoms with Crippen molar-refractivity contribution in [1.82, 2.24) is 0 Å². The first-order chi connectivity index (χ1) is 11.8. The van der Waals surface area contributed by atoms with Crippen LogP contribution in [-0.2, 0) is 14.3 Å². The fraction of sp³-hybridized carbons (Fsp3) is 0.353. The Kier molecular flexibility index (Phi) is 6.98. The van der Waals surface area contributed by atoms with Crippen molar-refractivity contribution in [2.24, 2.45) is 0 Å². The van der Waals surface area contributed by atoms with E-state index in [0.29, 0.717) is 11.4 Å². The van der Waals surface area contributed by atoms with Crippen LogP contribution in [-0.4, -0.2) is 48.9 Å². The second kappa shape index (κ2) is 8.72. The van der Waals surface area contributed by atoms with E-state index < -0.39 is 23.5 Å². The van der Waals surface area contributed by atoms with Crippen molar-refractivity contribution in [3.05, 3.63) is 35.0 Å². The topological polar surface area (TPSA) is 113 Å². The molecule has 0 saturated heterocycles. The third-order valence-corrected chi connectivity index (χ3v) is 3.58. The van der Waals surface area contributed by atoms with Crippen LogP contribution in [0.3, 0.4) is 0 Å². The van der Waals surface area contributed by atoms with E-state index in [1.807, 2.05) is 0 Å². The van der Waals surface area contributed by atoms with Crippen molar-refractivity contribution in [1.29, 1.82) is 0 Å². The highest BCUT2D eigenvalue weighted by molar-refractivity contribution is 6.13. The molecule has 0 atom stereocenters. The summed E-state index contributed by atoms with van der Waals surface area (Å²) in [5, 5.41) is 18.5. The second-order valence-electron chi connectivity index (χ2n) is 4.91. The van der Waals surface area contributed by atoms with Crippen LogP contribution in [0.5, 0.6) is 5.75 Å². The first-order valence-electron chi connectivity index (χ1n) is 7.55. The monoisotopic (exact) mass is 351 g/mol. The van der Waals surface area contributed by atoms with Gasteiger partial charge in [-0.2, -0.15) is 0 Å². The van der Waals surface area contributed by atoms with Gasteiger partial charge < -0.3 is 24.6 Å². The number of nitrogens with zero attached hydrogens (tertiary/aromatic N) is 1. The highest BCUT2D eigenvalue weighted by atomic mass is 16.5. The summed E-state index contributed by atoms with van der Waals surface area (Å²) < 4.78 is 9.97. The molecule has 0 saturated carbocycles. The van der Waals surface area contributed by atoms with Gasteiger partial charge in [-0.25, -0.2) is 14.4 Å². The van der Waals surface area contributed by atoms with Gasteiger partial charge in [-0.05, 0) is 31.5 Å². The van der Waals surface area contributed by atoms with Gasteiger partial charge in [0, 0.05) is 12.2 Å². The normalized spacial score (nSPS) is 9.92. The molecule has 0 bridgehead atoms. The Morgan fingerprint density at radius 3 is 2.08 bits per heavy atom. The van der Waals surface area contributed by atoms with E-state index in [-0.39, 0.29) is 24.2 Å². The molecule has 0 unspecified atom stereocenters. The van der Waals surface area contributed by atoms with Gasteiger partial charge in [-0.3, -0.25) is 0 Å². The Hall–Kier alpha value is -3.03. The number of esters is 1. The Labute approximate surface area is 145 Å². The van der Waals surface area contributed by atoms with Crippen LogP contribution in [0.2, 0.25) is 0 Å². The molecule has 1 aromatic carbocycles. The number of anilines is 1. The lowest BCUT2D eigenvalue weighted by atomic mass is 10.1. The number of carboxylic acids is 2. The van der Waals surface area contributed by atoms with E-state index in [0.717, 1.165) is 0 Å². The standard InChI is InChI=1S/C17H21NO7/c1-5-11(14(15(19)20)16(21)22)18(6-2)12-9-10(17(23)25-4)7-8-13(12)24-3/h7-9H,5-6H2,1-4H3,(H,19,20)(H,21,22). The summed E-state index contributed by atoms with van der Waals surface area (Å²) in [5.41, 5.74) is -0.0122. The molecule has 0 radical (unpaired) electrons. The number of allylic oxidation sites excluding steroid dienone is 1. The molecule has 0 heterocycles. The van der Waals surface area contributed by atoms with Crippen LogP contribution in [0.1, 0.15) is 30.6 Å². The molecule has 0 aliphatic heterocycles. The van der Waals surface area contributed by atoms with Gasteiger partial charge in [0.2, 0.25) is 0 Å². The lowest BCUT2D eigenvalue weighted by Gasteiger charge is -2.28. The van der Waals surface area contributed by atoms with Gasteiger partial charge in [-0.15, -0.1) is 0 Å². The van der Waals surface area contributed by atoms with Crippen LogP contribution in [0.15, 0.2) is 29.5 Å². The molecule has 25 heavy (non-hydrogen) atoms. The van der Waals surface area contributed by atoms with Crippen molar-refractivity contribution in [3.8, 4) is 5.75 Å². The molecular formula is C17H21NO7. The molecule has 0 amide bonds. The number of carbonyl (C=O) groups excluding carboxylic acids is 1. The van der Waals surface area contributed by atoms with Crippen LogP contribution in [0.4, 0.5) is 5.69 Å². The van der Waals surface area contributed by atoms with E-state index in [1.165, 1.54) is 31.3 Å². The average molecular weight is 351 g/mol. The van der Waals surface area contributed by atoms with Gasteiger partial charge in [-0.1, -0.05) is 6.92 Å². The van der Waals surface area contributed by atoms with Crippen molar-refractivity contribution in [3.63, 3.8) is 0 Å². The first kappa shape index (κ1) is 20.0. The highest BCUT2D eigenvalue weighted by Crippen LogP contribution is 2.34. The van der Waals surface area contributed by atoms with Crippen molar-refractivity contribution in [2.45, 2.75) is 20.3 Å². The number of carbonyl (C=O) groups is 3. The predicted molar refractivity (Wildman–Crippen MR) is 89.9 cm³/mol. The summed E-state index contributed by atoms with van der Waals surface area (Å²) in [7, 11) is 2.67. The Bertz CT molecular complexity index is 693. The Balaban J connectivity index is 3.67. The fourth-order valence-corrected chi connectivity index (χ4v) is 2.49. The molecule has 0 aliphatic carbocycles. The van der Waals surface area contributed by atoms with Gasteiger partial charge in [0.25, 0.3) is 0 Å².